The van der Waals surface area contributed by atoms with Crippen LogP contribution in [0.4, 0.5) is 10.5 Å². The molecule has 1 aromatic carbocycles. The summed E-state index contributed by atoms with van der Waals surface area (Å²) in [5.74, 6) is -0.0653. The average Bonchev–Trinajstić information content (AvgIpc) is 2.38. The van der Waals surface area contributed by atoms with E-state index >= 15 is 0 Å². The summed E-state index contributed by atoms with van der Waals surface area (Å²) in [5, 5.41) is 11.2. The lowest BCUT2D eigenvalue weighted by molar-refractivity contribution is -0.137. The number of ether oxygens (including phenoxy) is 2. The lowest BCUT2D eigenvalue weighted by Crippen LogP contribution is -2.35. The van der Waals surface area contributed by atoms with Gasteiger partial charge in [-0.05, 0) is 12.1 Å². The molecule has 0 aliphatic rings. The number of hydrogen-bond acceptors (Lipinski definition) is 4. The number of carbonyl (C=O) groups excluding carboxylic acids is 1. The number of urea groups is 1. The summed E-state index contributed by atoms with van der Waals surface area (Å²) in [6.45, 7) is -0.385. The Kier molecular flexibility index (Phi) is 4.99. The van der Waals surface area contributed by atoms with E-state index in [1.54, 1.807) is 18.2 Å². The summed E-state index contributed by atoms with van der Waals surface area (Å²) < 4.78 is 10.2. The summed E-state index contributed by atoms with van der Waals surface area (Å²) in [5.41, 5.74) is 0.436. The topological polar surface area (TPSA) is 88.1 Å². The molecule has 0 aliphatic carbocycles. The Morgan fingerprint density at radius 2 is 2.00 bits per heavy atom. The maximum Gasteiger partial charge on any atom is 0.323 e. The number of carboxylic acid groups (broad SMARTS) is 1. The second-order valence-electron chi connectivity index (χ2n) is 3.75. The summed E-state index contributed by atoms with van der Waals surface area (Å²) in [7, 11) is 4.37. The Bertz CT molecular complexity index is 475. The number of anilines is 1. The molecule has 104 valence electrons. The van der Waals surface area contributed by atoms with Crippen molar-refractivity contribution < 1.29 is 24.2 Å². The molecule has 0 saturated carbocycles. The zero-order chi connectivity index (χ0) is 14.4. The van der Waals surface area contributed by atoms with Crippen molar-refractivity contribution in [3.05, 3.63) is 18.2 Å². The fourth-order valence-electron chi connectivity index (χ4n) is 1.39. The molecule has 0 bridgehead atoms. The highest BCUT2D eigenvalue weighted by molar-refractivity contribution is 5.92. The molecule has 7 nitrogen and oxygen atoms in total. The normalized spacial score (nSPS) is 9.63. The molecule has 0 heterocycles. The number of benzene rings is 1. The maximum atomic E-state index is 11.7. The molecule has 2 amide bonds. The fraction of sp³-hybridized carbons (Fsp3) is 0.333. The molecule has 0 saturated heterocycles. The minimum atomic E-state index is -1.08. The molecule has 1 rings (SSSR count). The smallest absolute Gasteiger partial charge is 0.323 e. The standard InChI is InChI=1S/C12H16N2O5/c1-14(7-11(15)16)12(17)13-9-5-4-8(18-2)6-10(9)19-3/h4-6H,7H2,1-3H3,(H,13,17)(H,15,16). The van der Waals surface area contributed by atoms with Gasteiger partial charge in [-0.2, -0.15) is 0 Å². The first-order valence-electron chi connectivity index (χ1n) is 5.44. The van der Waals surface area contributed by atoms with Gasteiger partial charge < -0.3 is 24.8 Å². The number of carboxylic acids is 1. The van der Waals surface area contributed by atoms with Crippen molar-refractivity contribution in [2.45, 2.75) is 0 Å². The van der Waals surface area contributed by atoms with E-state index in [2.05, 4.69) is 5.32 Å². The third-order valence-electron chi connectivity index (χ3n) is 2.37. The van der Waals surface area contributed by atoms with Crippen LogP contribution in [-0.4, -0.2) is 49.8 Å². The molecule has 0 unspecified atom stereocenters. The Hall–Kier alpha value is -2.44. The maximum absolute atomic E-state index is 11.7. The van der Waals surface area contributed by atoms with Gasteiger partial charge in [0.2, 0.25) is 0 Å². The van der Waals surface area contributed by atoms with Gasteiger partial charge >= 0.3 is 12.0 Å². The van der Waals surface area contributed by atoms with Crippen molar-refractivity contribution in [1.29, 1.82) is 0 Å². The Balaban J connectivity index is 2.81. The highest BCUT2D eigenvalue weighted by Gasteiger charge is 2.14. The molecule has 0 fully saturated rings. The Labute approximate surface area is 110 Å². The van der Waals surface area contributed by atoms with Crippen LogP contribution in [0.3, 0.4) is 0 Å². The van der Waals surface area contributed by atoms with Crippen LogP contribution in [0.25, 0.3) is 0 Å². The Morgan fingerprint density at radius 3 is 2.53 bits per heavy atom. The van der Waals surface area contributed by atoms with Gasteiger partial charge in [-0.25, -0.2) is 4.79 Å². The molecule has 0 spiro atoms. The molecule has 19 heavy (non-hydrogen) atoms. The second-order valence-corrected chi connectivity index (χ2v) is 3.75. The van der Waals surface area contributed by atoms with Gasteiger partial charge in [0, 0.05) is 13.1 Å². The predicted molar refractivity (Wildman–Crippen MR) is 68.8 cm³/mol. The first-order valence-corrected chi connectivity index (χ1v) is 5.44. The van der Waals surface area contributed by atoms with Crippen LogP contribution >= 0.6 is 0 Å². The molecule has 0 aliphatic heterocycles. The summed E-state index contributed by atoms with van der Waals surface area (Å²) in [6.07, 6.45) is 0. The van der Waals surface area contributed by atoms with Gasteiger partial charge in [0.15, 0.2) is 0 Å². The molecule has 2 N–H and O–H groups in total. The first-order chi connectivity index (χ1) is 8.97. The van der Waals surface area contributed by atoms with E-state index in [-0.39, 0.29) is 6.54 Å². The van der Waals surface area contributed by atoms with Gasteiger partial charge in [-0.3, -0.25) is 4.79 Å². The number of hydrogen-bond donors (Lipinski definition) is 2. The first kappa shape index (κ1) is 14.6. The lowest BCUT2D eigenvalue weighted by atomic mass is 10.2. The van der Waals surface area contributed by atoms with Gasteiger partial charge in [0.1, 0.15) is 18.0 Å². The highest BCUT2D eigenvalue weighted by atomic mass is 16.5. The molecule has 0 atom stereocenters. The van der Waals surface area contributed by atoms with Crippen LogP contribution in [0.15, 0.2) is 18.2 Å². The van der Waals surface area contributed by atoms with Crippen LogP contribution < -0.4 is 14.8 Å². The molecule has 1 aromatic rings. The number of amides is 2. The summed E-state index contributed by atoms with van der Waals surface area (Å²) >= 11 is 0. The third kappa shape index (κ3) is 4.06. The number of carbonyl (C=O) groups is 2. The fourth-order valence-corrected chi connectivity index (χ4v) is 1.39. The number of methoxy groups -OCH3 is 2. The predicted octanol–water partition coefficient (Wildman–Crippen LogP) is 1.25. The minimum absolute atomic E-state index is 0.385. The van der Waals surface area contributed by atoms with Crippen LogP contribution in [-0.2, 0) is 4.79 Å². The number of nitrogens with one attached hydrogen (secondary N) is 1. The molecule has 0 aromatic heterocycles. The van der Waals surface area contributed by atoms with Crippen LogP contribution in [0, 0.1) is 0 Å². The number of rotatable bonds is 5. The van der Waals surface area contributed by atoms with E-state index in [0.717, 1.165) is 4.90 Å². The van der Waals surface area contributed by atoms with E-state index < -0.39 is 12.0 Å². The van der Waals surface area contributed by atoms with Crippen molar-refractivity contribution in [1.82, 2.24) is 4.90 Å². The van der Waals surface area contributed by atoms with Crippen LogP contribution in [0.5, 0.6) is 11.5 Å². The van der Waals surface area contributed by atoms with Crippen molar-refractivity contribution >= 4 is 17.7 Å². The third-order valence-corrected chi connectivity index (χ3v) is 2.37. The summed E-state index contributed by atoms with van der Waals surface area (Å²) in [6, 6.07) is 4.36. The van der Waals surface area contributed by atoms with E-state index in [9.17, 15) is 9.59 Å². The Morgan fingerprint density at radius 1 is 1.32 bits per heavy atom. The molecule has 0 radical (unpaired) electrons. The van der Waals surface area contributed by atoms with E-state index in [4.69, 9.17) is 14.6 Å². The van der Waals surface area contributed by atoms with E-state index in [1.807, 2.05) is 0 Å². The highest BCUT2D eigenvalue weighted by Crippen LogP contribution is 2.29. The van der Waals surface area contributed by atoms with E-state index in [0.29, 0.717) is 17.2 Å². The van der Waals surface area contributed by atoms with E-state index in [1.165, 1.54) is 21.3 Å². The molecular formula is C12H16N2O5. The number of nitrogens with zero attached hydrogens (tertiary/aromatic N) is 1. The van der Waals surface area contributed by atoms with Gasteiger partial charge in [0.05, 0.1) is 19.9 Å². The SMILES string of the molecule is COc1ccc(NC(=O)N(C)CC(=O)O)c(OC)c1. The average molecular weight is 268 g/mol. The quantitative estimate of drug-likeness (QED) is 0.839. The van der Waals surface area contributed by atoms with Gasteiger partial charge in [-0.15, -0.1) is 0 Å². The van der Waals surface area contributed by atoms with Crippen molar-refractivity contribution in [3.63, 3.8) is 0 Å². The van der Waals surface area contributed by atoms with Crippen molar-refractivity contribution in [2.75, 3.05) is 33.1 Å². The number of aliphatic carboxylic acids is 1. The zero-order valence-electron chi connectivity index (χ0n) is 11.0. The summed E-state index contributed by atoms with van der Waals surface area (Å²) in [4.78, 5) is 23.3. The van der Waals surface area contributed by atoms with Crippen molar-refractivity contribution in [2.24, 2.45) is 0 Å². The monoisotopic (exact) mass is 268 g/mol. The van der Waals surface area contributed by atoms with Crippen molar-refractivity contribution in [3.8, 4) is 11.5 Å². The van der Waals surface area contributed by atoms with Crippen LogP contribution in [0.2, 0.25) is 0 Å². The second kappa shape index (κ2) is 6.48. The zero-order valence-corrected chi connectivity index (χ0v) is 11.0. The van der Waals surface area contributed by atoms with Crippen LogP contribution in [0.1, 0.15) is 0 Å². The minimum Gasteiger partial charge on any atom is -0.497 e. The number of likely N-dealkylation sites (N-methyl/N-ethyl adjacent to an activating group) is 1. The largest absolute Gasteiger partial charge is 0.497 e. The molecule has 7 heteroatoms. The molecular weight excluding hydrogens is 252 g/mol. The lowest BCUT2D eigenvalue weighted by Gasteiger charge is -2.17. The van der Waals surface area contributed by atoms with Gasteiger partial charge in [0.25, 0.3) is 0 Å². The van der Waals surface area contributed by atoms with Gasteiger partial charge in [-0.1, -0.05) is 0 Å².